The van der Waals surface area contributed by atoms with E-state index in [4.69, 9.17) is 0 Å². The molecule has 21 heavy (non-hydrogen) atoms. The number of hydrogen-bond donors (Lipinski definition) is 0. The predicted octanol–water partition coefficient (Wildman–Crippen LogP) is 1.65. The van der Waals surface area contributed by atoms with Crippen LogP contribution in [-0.4, -0.2) is 62.6 Å². The average molecular weight is 322 g/mol. The minimum absolute atomic E-state index is 0.0545. The van der Waals surface area contributed by atoms with Crippen molar-refractivity contribution in [1.29, 1.82) is 0 Å². The van der Waals surface area contributed by atoms with Gasteiger partial charge in [-0.05, 0) is 38.9 Å². The number of nitrogens with zero attached hydrogens (tertiary/aromatic N) is 2. The standard InChI is InChI=1S/C14H27FN2O3S/c1-3-6-16(7-4-2)8-5-9-17-11-13(10-14(17)18)12-21(15,19)20/h13H,3-12H2,1-2H3. The molecule has 7 heteroatoms. The van der Waals surface area contributed by atoms with Gasteiger partial charge in [0.25, 0.3) is 0 Å². The van der Waals surface area contributed by atoms with Gasteiger partial charge in [-0.15, -0.1) is 3.89 Å². The van der Waals surface area contributed by atoms with E-state index in [1.807, 2.05) is 0 Å². The fourth-order valence-corrected chi connectivity index (χ4v) is 3.70. The van der Waals surface area contributed by atoms with Gasteiger partial charge in [-0.2, -0.15) is 8.42 Å². The maximum atomic E-state index is 12.7. The molecular formula is C14H27FN2O3S. The first kappa shape index (κ1) is 18.4. The summed E-state index contributed by atoms with van der Waals surface area (Å²) in [6, 6.07) is 0. The summed E-state index contributed by atoms with van der Waals surface area (Å²) in [5, 5.41) is 0. The molecule has 0 radical (unpaired) electrons. The number of carbonyl (C=O) groups is 1. The zero-order valence-electron chi connectivity index (χ0n) is 13.1. The first-order valence-corrected chi connectivity index (χ1v) is 9.33. The van der Waals surface area contributed by atoms with Crippen LogP contribution in [0.15, 0.2) is 0 Å². The van der Waals surface area contributed by atoms with Crippen molar-refractivity contribution in [2.24, 2.45) is 5.92 Å². The second kappa shape index (κ2) is 8.68. The summed E-state index contributed by atoms with van der Waals surface area (Å²) in [7, 11) is -4.49. The van der Waals surface area contributed by atoms with Crippen LogP contribution in [0.4, 0.5) is 3.89 Å². The smallest absolute Gasteiger partial charge is 0.302 e. The molecule has 1 amide bonds. The van der Waals surface area contributed by atoms with Gasteiger partial charge in [-0.25, -0.2) is 0 Å². The molecule has 1 aliphatic rings. The topological polar surface area (TPSA) is 57.7 Å². The highest BCUT2D eigenvalue weighted by atomic mass is 32.3. The SMILES string of the molecule is CCCN(CCC)CCCN1CC(CS(=O)(=O)F)CC1=O. The van der Waals surface area contributed by atoms with Crippen molar-refractivity contribution in [2.45, 2.75) is 39.5 Å². The molecule has 1 atom stereocenters. The summed E-state index contributed by atoms with van der Waals surface area (Å²) < 4.78 is 33.9. The highest BCUT2D eigenvalue weighted by molar-refractivity contribution is 7.86. The van der Waals surface area contributed by atoms with E-state index >= 15 is 0 Å². The van der Waals surface area contributed by atoms with Crippen LogP contribution in [0.2, 0.25) is 0 Å². The van der Waals surface area contributed by atoms with Crippen molar-refractivity contribution in [3.8, 4) is 0 Å². The predicted molar refractivity (Wildman–Crippen MR) is 81.2 cm³/mol. The summed E-state index contributed by atoms with van der Waals surface area (Å²) in [4.78, 5) is 15.8. The number of halogens is 1. The second-order valence-electron chi connectivity index (χ2n) is 5.81. The van der Waals surface area contributed by atoms with Crippen LogP contribution in [0.5, 0.6) is 0 Å². The van der Waals surface area contributed by atoms with Crippen molar-refractivity contribution >= 4 is 16.1 Å². The maximum absolute atomic E-state index is 12.7. The van der Waals surface area contributed by atoms with E-state index in [0.717, 1.165) is 38.9 Å². The Morgan fingerprint density at radius 1 is 1.24 bits per heavy atom. The van der Waals surface area contributed by atoms with Crippen LogP contribution >= 0.6 is 0 Å². The van der Waals surface area contributed by atoms with Gasteiger partial charge >= 0.3 is 10.2 Å². The first-order chi connectivity index (χ1) is 9.85. The van der Waals surface area contributed by atoms with Gasteiger partial charge in [-0.3, -0.25) is 4.79 Å². The van der Waals surface area contributed by atoms with Crippen LogP contribution in [0.3, 0.4) is 0 Å². The van der Waals surface area contributed by atoms with E-state index < -0.39 is 21.9 Å². The van der Waals surface area contributed by atoms with Gasteiger partial charge in [0.15, 0.2) is 0 Å². The van der Waals surface area contributed by atoms with Crippen molar-refractivity contribution in [3.63, 3.8) is 0 Å². The number of likely N-dealkylation sites (tertiary alicyclic amines) is 1. The summed E-state index contributed by atoms with van der Waals surface area (Å²) in [5.41, 5.74) is 0. The fraction of sp³-hybridized carbons (Fsp3) is 0.929. The molecule has 0 saturated carbocycles. The highest BCUT2D eigenvalue weighted by Crippen LogP contribution is 2.20. The average Bonchev–Trinajstić information content (AvgIpc) is 2.67. The lowest BCUT2D eigenvalue weighted by molar-refractivity contribution is -0.127. The Bertz CT molecular complexity index is 422. The molecule has 0 aromatic heterocycles. The van der Waals surface area contributed by atoms with Gasteiger partial charge < -0.3 is 9.80 Å². The van der Waals surface area contributed by atoms with Crippen LogP contribution < -0.4 is 0 Å². The Morgan fingerprint density at radius 3 is 2.38 bits per heavy atom. The minimum atomic E-state index is -4.49. The van der Waals surface area contributed by atoms with Crippen molar-refractivity contribution in [1.82, 2.24) is 9.80 Å². The summed E-state index contributed by atoms with van der Waals surface area (Å²) in [6.07, 6.45) is 3.25. The molecule has 0 N–H and O–H groups in total. The summed E-state index contributed by atoms with van der Waals surface area (Å²) >= 11 is 0. The van der Waals surface area contributed by atoms with E-state index in [-0.39, 0.29) is 12.3 Å². The molecule has 5 nitrogen and oxygen atoms in total. The Morgan fingerprint density at radius 2 is 1.86 bits per heavy atom. The van der Waals surface area contributed by atoms with E-state index in [1.165, 1.54) is 0 Å². The molecule has 0 aliphatic carbocycles. The first-order valence-electron chi connectivity index (χ1n) is 7.78. The highest BCUT2D eigenvalue weighted by Gasteiger charge is 2.32. The zero-order valence-corrected chi connectivity index (χ0v) is 13.9. The van der Waals surface area contributed by atoms with Crippen molar-refractivity contribution < 1.29 is 17.1 Å². The number of amides is 1. The third kappa shape index (κ3) is 7.22. The Kier molecular flexibility index (Phi) is 7.59. The van der Waals surface area contributed by atoms with Crippen molar-refractivity contribution in [3.05, 3.63) is 0 Å². The second-order valence-corrected chi connectivity index (χ2v) is 7.22. The van der Waals surface area contributed by atoms with Gasteiger partial charge in [0.1, 0.15) is 0 Å². The lowest BCUT2D eigenvalue weighted by atomic mass is 10.1. The van der Waals surface area contributed by atoms with Crippen LogP contribution in [0.1, 0.15) is 39.5 Å². The number of hydrogen-bond acceptors (Lipinski definition) is 4. The normalized spacial score (nSPS) is 19.7. The fourth-order valence-electron chi connectivity index (χ4n) is 2.92. The van der Waals surface area contributed by atoms with E-state index in [0.29, 0.717) is 13.1 Å². The lowest BCUT2D eigenvalue weighted by Crippen LogP contribution is -2.32. The molecule has 1 aliphatic heterocycles. The largest absolute Gasteiger partial charge is 0.342 e. The summed E-state index contributed by atoms with van der Waals surface area (Å²) in [6.45, 7) is 8.35. The molecule has 124 valence electrons. The third-order valence-corrected chi connectivity index (χ3v) is 4.58. The molecule has 1 heterocycles. The quantitative estimate of drug-likeness (QED) is 0.574. The third-order valence-electron chi connectivity index (χ3n) is 3.71. The molecule has 1 rings (SSSR count). The molecule has 0 aromatic carbocycles. The zero-order chi connectivity index (χ0) is 15.9. The Labute approximate surface area is 127 Å². The van der Waals surface area contributed by atoms with Crippen molar-refractivity contribution in [2.75, 3.05) is 38.5 Å². The molecule has 0 aromatic rings. The molecule has 1 fully saturated rings. The van der Waals surface area contributed by atoms with E-state index in [9.17, 15) is 17.1 Å². The monoisotopic (exact) mass is 322 g/mol. The van der Waals surface area contributed by atoms with Gasteiger partial charge in [0, 0.05) is 25.4 Å². The van der Waals surface area contributed by atoms with Crippen LogP contribution in [0.25, 0.3) is 0 Å². The lowest BCUT2D eigenvalue weighted by Gasteiger charge is -2.23. The Hall–Kier alpha value is -0.690. The van der Waals surface area contributed by atoms with Crippen LogP contribution in [0, 0.1) is 5.92 Å². The van der Waals surface area contributed by atoms with Gasteiger partial charge in [-0.1, -0.05) is 13.8 Å². The van der Waals surface area contributed by atoms with E-state index in [2.05, 4.69) is 18.7 Å². The molecule has 0 spiro atoms. The van der Waals surface area contributed by atoms with Crippen LogP contribution in [-0.2, 0) is 15.0 Å². The number of carbonyl (C=O) groups excluding carboxylic acids is 1. The summed E-state index contributed by atoms with van der Waals surface area (Å²) in [5.74, 6) is -0.983. The molecule has 0 bridgehead atoms. The Balaban J connectivity index is 2.33. The van der Waals surface area contributed by atoms with Gasteiger partial charge in [0.2, 0.25) is 5.91 Å². The van der Waals surface area contributed by atoms with Gasteiger partial charge in [0.05, 0.1) is 5.75 Å². The maximum Gasteiger partial charge on any atom is 0.302 e. The molecule has 1 unspecified atom stereocenters. The van der Waals surface area contributed by atoms with E-state index in [1.54, 1.807) is 4.90 Å². The minimum Gasteiger partial charge on any atom is -0.342 e. The molecular weight excluding hydrogens is 295 g/mol. The number of rotatable bonds is 10. The molecule has 1 saturated heterocycles.